The highest BCUT2D eigenvalue weighted by Gasteiger charge is 2.16. The first-order chi connectivity index (χ1) is 13.2. The number of rotatable bonds is 6. The van der Waals surface area contributed by atoms with Gasteiger partial charge in [-0.15, -0.1) is 0 Å². The molecular formula is C20H22N4O3S. The van der Waals surface area contributed by atoms with Crippen LogP contribution in [-0.2, 0) is 23.6 Å². The van der Waals surface area contributed by atoms with Crippen molar-refractivity contribution >= 4 is 21.6 Å². The highest BCUT2D eigenvalue weighted by Crippen LogP contribution is 2.21. The number of anilines is 1. The summed E-state index contributed by atoms with van der Waals surface area (Å²) in [7, 11) is -1.89. The van der Waals surface area contributed by atoms with Gasteiger partial charge in [0.15, 0.2) is 0 Å². The predicted octanol–water partition coefficient (Wildman–Crippen LogP) is 2.77. The van der Waals surface area contributed by atoms with Gasteiger partial charge >= 0.3 is 0 Å². The summed E-state index contributed by atoms with van der Waals surface area (Å²) >= 11 is 0. The molecule has 1 amide bonds. The van der Waals surface area contributed by atoms with Gasteiger partial charge in [-0.2, -0.15) is 0 Å². The van der Waals surface area contributed by atoms with Crippen LogP contribution in [0.1, 0.15) is 27.2 Å². The molecule has 0 radical (unpaired) electrons. The smallest absolute Gasteiger partial charge is 0.261 e. The van der Waals surface area contributed by atoms with Gasteiger partial charge < -0.3 is 9.88 Å². The number of aryl methyl sites for hydroxylation is 3. The molecule has 8 heteroatoms. The van der Waals surface area contributed by atoms with Crippen LogP contribution in [0, 0.1) is 13.8 Å². The molecule has 0 spiro atoms. The van der Waals surface area contributed by atoms with E-state index in [1.165, 1.54) is 6.07 Å². The van der Waals surface area contributed by atoms with Gasteiger partial charge in [0.05, 0.1) is 29.1 Å². The zero-order valence-electron chi connectivity index (χ0n) is 15.9. The van der Waals surface area contributed by atoms with Crippen molar-refractivity contribution in [3.63, 3.8) is 0 Å². The number of benzene rings is 2. The van der Waals surface area contributed by atoms with Crippen LogP contribution in [-0.4, -0.2) is 23.9 Å². The Morgan fingerprint density at radius 3 is 2.46 bits per heavy atom. The molecule has 0 saturated heterocycles. The second-order valence-corrected chi connectivity index (χ2v) is 8.34. The van der Waals surface area contributed by atoms with E-state index in [4.69, 9.17) is 0 Å². The Balaban J connectivity index is 1.77. The maximum atomic E-state index is 12.6. The maximum absolute atomic E-state index is 12.6. The number of nitrogens with one attached hydrogen (secondary N) is 2. The molecule has 0 unspecified atom stereocenters. The molecule has 0 aliphatic rings. The van der Waals surface area contributed by atoms with Crippen LogP contribution >= 0.6 is 0 Å². The van der Waals surface area contributed by atoms with Gasteiger partial charge in [0.1, 0.15) is 0 Å². The summed E-state index contributed by atoms with van der Waals surface area (Å²) in [4.78, 5) is 16.8. The van der Waals surface area contributed by atoms with E-state index in [-0.39, 0.29) is 17.3 Å². The number of sulfonamides is 1. The second-order valence-electron chi connectivity index (χ2n) is 6.66. The molecule has 146 valence electrons. The third-order valence-corrected chi connectivity index (χ3v) is 5.65. The van der Waals surface area contributed by atoms with Gasteiger partial charge in [0.25, 0.3) is 15.9 Å². The molecule has 1 heterocycles. The minimum absolute atomic E-state index is 0.169. The zero-order chi connectivity index (χ0) is 20.3. The van der Waals surface area contributed by atoms with E-state index in [0.717, 1.165) is 16.8 Å². The van der Waals surface area contributed by atoms with Crippen molar-refractivity contribution in [2.45, 2.75) is 25.3 Å². The minimum atomic E-state index is -3.74. The largest absolute Gasteiger partial charge is 0.346 e. The molecule has 3 rings (SSSR count). The average molecular weight is 398 g/mol. The van der Waals surface area contributed by atoms with Gasteiger partial charge in [0.2, 0.25) is 0 Å². The van der Waals surface area contributed by atoms with Crippen molar-refractivity contribution in [1.82, 2.24) is 14.9 Å². The maximum Gasteiger partial charge on any atom is 0.261 e. The van der Waals surface area contributed by atoms with Crippen LogP contribution in [0.3, 0.4) is 0 Å². The monoisotopic (exact) mass is 398 g/mol. The number of carbonyl (C=O) groups excluding carboxylic acids is 1. The van der Waals surface area contributed by atoms with E-state index in [1.54, 1.807) is 54.2 Å². The number of carbonyl (C=O) groups is 1. The van der Waals surface area contributed by atoms with Gasteiger partial charge in [-0.1, -0.05) is 23.8 Å². The van der Waals surface area contributed by atoms with E-state index in [2.05, 4.69) is 15.0 Å². The van der Waals surface area contributed by atoms with Crippen LogP contribution in [0.4, 0.5) is 5.69 Å². The normalized spacial score (nSPS) is 11.2. The number of hydrogen-bond acceptors (Lipinski definition) is 4. The van der Waals surface area contributed by atoms with Crippen molar-refractivity contribution in [2.75, 3.05) is 4.72 Å². The topological polar surface area (TPSA) is 93.1 Å². The summed E-state index contributed by atoms with van der Waals surface area (Å²) < 4.78 is 29.6. The van der Waals surface area contributed by atoms with E-state index >= 15 is 0 Å². The highest BCUT2D eigenvalue weighted by atomic mass is 32.2. The Hall–Kier alpha value is -3.13. The molecule has 2 N–H and O–H groups in total. The molecule has 0 atom stereocenters. The van der Waals surface area contributed by atoms with Crippen LogP contribution in [0.2, 0.25) is 0 Å². The second kappa shape index (κ2) is 7.85. The third kappa shape index (κ3) is 4.58. The van der Waals surface area contributed by atoms with Gasteiger partial charge in [0, 0.05) is 18.8 Å². The Bertz CT molecular complexity index is 1100. The number of aromatic nitrogens is 2. The van der Waals surface area contributed by atoms with E-state index in [1.807, 2.05) is 20.2 Å². The third-order valence-electron chi connectivity index (χ3n) is 4.26. The lowest BCUT2D eigenvalue weighted by Gasteiger charge is -2.12. The highest BCUT2D eigenvalue weighted by molar-refractivity contribution is 7.92. The van der Waals surface area contributed by atoms with Crippen LogP contribution in [0.15, 0.2) is 59.9 Å². The number of amides is 1. The van der Waals surface area contributed by atoms with Gasteiger partial charge in [-0.05, 0) is 43.7 Å². The van der Waals surface area contributed by atoms with Gasteiger partial charge in [-0.25, -0.2) is 13.4 Å². The van der Waals surface area contributed by atoms with E-state index < -0.39 is 10.0 Å². The first-order valence-electron chi connectivity index (χ1n) is 8.70. The molecule has 7 nitrogen and oxygen atoms in total. The van der Waals surface area contributed by atoms with Crippen LogP contribution < -0.4 is 10.0 Å². The lowest BCUT2D eigenvalue weighted by atomic mass is 10.1. The molecular weight excluding hydrogens is 376 g/mol. The standard InChI is InChI=1S/C20H22N4O3S/c1-14-4-8-18(9-5-14)28(26,27)23-19-10-16(7-6-15(19)2)20(25)21-11-17-12-24(3)13-22-17/h4-10,12-13,23H,11H2,1-3H3,(H,21,25). The minimum Gasteiger partial charge on any atom is -0.346 e. The Labute approximate surface area is 164 Å². The number of nitrogens with zero attached hydrogens (tertiary/aromatic N) is 2. The SMILES string of the molecule is Cc1ccc(S(=O)(=O)Nc2cc(C(=O)NCc3cn(C)cn3)ccc2C)cc1. The Morgan fingerprint density at radius 2 is 1.82 bits per heavy atom. The van der Waals surface area contributed by atoms with Crippen LogP contribution in [0.5, 0.6) is 0 Å². The fourth-order valence-corrected chi connectivity index (χ4v) is 3.75. The summed E-state index contributed by atoms with van der Waals surface area (Å²) in [5, 5.41) is 2.78. The Kier molecular flexibility index (Phi) is 5.51. The summed E-state index contributed by atoms with van der Waals surface area (Å²) in [6.07, 6.45) is 3.47. The first kappa shape index (κ1) is 19.6. The number of imidazole rings is 1. The average Bonchev–Trinajstić information content (AvgIpc) is 3.07. The summed E-state index contributed by atoms with van der Waals surface area (Å²) in [6.45, 7) is 3.96. The zero-order valence-corrected chi connectivity index (χ0v) is 16.7. The molecule has 0 aliphatic carbocycles. The first-order valence-corrected chi connectivity index (χ1v) is 10.2. The van der Waals surface area contributed by atoms with Crippen molar-refractivity contribution in [1.29, 1.82) is 0 Å². The fourth-order valence-electron chi connectivity index (χ4n) is 2.63. The predicted molar refractivity (Wildman–Crippen MR) is 108 cm³/mol. The molecule has 0 saturated carbocycles. The lowest BCUT2D eigenvalue weighted by molar-refractivity contribution is 0.0950. The molecule has 1 aromatic heterocycles. The fraction of sp³-hybridized carbons (Fsp3) is 0.200. The molecule has 0 aliphatic heterocycles. The summed E-state index contributed by atoms with van der Waals surface area (Å²) in [6, 6.07) is 11.5. The van der Waals surface area contributed by atoms with Crippen LogP contribution in [0.25, 0.3) is 0 Å². The summed E-state index contributed by atoms with van der Waals surface area (Å²) in [5.74, 6) is -0.304. The van der Waals surface area contributed by atoms with Crippen molar-refractivity contribution in [2.24, 2.45) is 7.05 Å². The van der Waals surface area contributed by atoms with Gasteiger partial charge in [-0.3, -0.25) is 9.52 Å². The van der Waals surface area contributed by atoms with E-state index in [9.17, 15) is 13.2 Å². The van der Waals surface area contributed by atoms with E-state index in [0.29, 0.717) is 11.3 Å². The summed E-state index contributed by atoms with van der Waals surface area (Å²) in [5.41, 5.74) is 3.16. The quantitative estimate of drug-likeness (QED) is 0.668. The number of hydrogen-bond donors (Lipinski definition) is 2. The lowest BCUT2D eigenvalue weighted by Crippen LogP contribution is -2.23. The molecule has 3 aromatic rings. The van der Waals surface area contributed by atoms with Crippen molar-refractivity contribution in [3.8, 4) is 0 Å². The molecule has 0 bridgehead atoms. The Morgan fingerprint density at radius 1 is 1.11 bits per heavy atom. The molecule has 2 aromatic carbocycles. The van der Waals surface area contributed by atoms with Crippen molar-refractivity contribution < 1.29 is 13.2 Å². The molecule has 28 heavy (non-hydrogen) atoms. The molecule has 0 fully saturated rings. The van der Waals surface area contributed by atoms with Crippen molar-refractivity contribution in [3.05, 3.63) is 77.4 Å².